The van der Waals surface area contributed by atoms with Gasteiger partial charge < -0.3 is 20.6 Å². The molecule has 218 valence electrons. The smallest absolute Gasteiger partial charge is 0.493 e. The molecule has 0 spiro atoms. The van der Waals surface area contributed by atoms with E-state index >= 15 is 0 Å². The van der Waals surface area contributed by atoms with Gasteiger partial charge in [0.15, 0.2) is 11.5 Å². The number of carbonyl (C=O) groups excluding carboxylic acids is 3. The summed E-state index contributed by atoms with van der Waals surface area (Å²) < 4.78 is 6.88. The zero-order chi connectivity index (χ0) is 31.0. The fourth-order valence-corrected chi connectivity index (χ4v) is 6.37. The lowest BCUT2D eigenvalue weighted by Gasteiger charge is -2.28. The molecule has 0 fully saturated rings. The maximum Gasteiger partial charge on any atom is 0.506 e. The lowest BCUT2D eigenvalue weighted by molar-refractivity contribution is -0.395. The molecule has 3 aromatic carbocycles. The van der Waals surface area contributed by atoms with Gasteiger partial charge in [0.2, 0.25) is 0 Å². The van der Waals surface area contributed by atoms with Gasteiger partial charge >= 0.3 is 11.9 Å². The fourth-order valence-electron chi connectivity index (χ4n) is 6.06. The van der Waals surface area contributed by atoms with Crippen LogP contribution in [-0.4, -0.2) is 52.4 Å². The lowest BCUT2D eigenvalue weighted by atomic mass is 9.90. The number of imide groups is 1. The number of allylic oxidation sites excluding steroid dienone is 3. The highest BCUT2D eigenvalue weighted by molar-refractivity contribution is 6.38. The van der Waals surface area contributed by atoms with Crippen molar-refractivity contribution in [3.63, 3.8) is 0 Å². The topological polar surface area (TPSA) is 129 Å². The van der Waals surface area contributed by atoms with E-state index in [4.69, 9.17) is 22.1 Å². The molecule has 0 saturated heterocycles. The molecule has 1 aromatic heterocycles. The highest BCUT2D eigenvalue weighted by atomic mass is 35.5. The van der Waals surface area contributed by atoms with E-state index in [1.165, 1.54) is 22.7 Å². The zero-order valence-electron chi connectivity index (χ0n) is 24.3. The second-order valence-electron chi connectivity index (χ2n) is 11.3. The van der Waals surface area contributed by atoms with Gasteiger partial charge in [0.05, 0.1) is 30.8 Å². The Morgan fingerprint density at radius 1 is 1.19 bits per heavy atom. The van der Waals surface area contributed by atoms with Crippen molar-refractivity contribution >= 4 is 62.7 Å². The number of urea groups is 1. The van der Waals surface area contributed by atoms with Crippen LogP contribution in [0.3, 0.4) is 0 Å². The molecule has 4 amide bonds. The summed E-state index contributed by atoms with van der Waals surface area (Å²) in [6, 6.07) is 11.9. The molecule has 6 rings (SSSR count). The predicted octanol–water partition coefficient (Wildman–Crippen LogP) is 5.54. The van der Waals surface area contributed by atoms with E-state index in [-0.39, 0.29) is 10.6 Å². The van der Waals surface area contributed by atoms with Crippen LogP contribution in [0.2, 0.25) is 5.02 Å². The summed E-state index contributed by atoms with van der Waals surface area (Å²) >= 11 is 6.91. The van der Waals surface area contributed by atoms with Gasteiger partial charge in [-0.1, -0.05) is 48.0 Å². The Hall–Kier alpha value is -4.73. The lowest BCUT2D eigenvalue weighted by Crippen LogP contribution is -2.54. The van der Waals surface area contributed by atoms with Crippen molar-refractivity contribution in [2.45, 2.75) is 26.4 Å². The highest BCUT2D eigenvalue weighted by Crippen LogP contribution is 2.44. The minimum absolute atomic E-state index is 0.218. The Kier molecular flexibility index (Phi) is 6.56. The normalized spacial score (nSPS) is 17.1. The Bertz CT molecular complexity index is 2010. The number of carbonyl (C=O) groups is 3. The number of nitrogens with two attached hydrogens (primary N) is 1. The number of hydrogen-bond donors (Lipinski definition) is 3. The SMILES string of the molecule is COC1=CC=CC2C(=O)N(c3cccc(-c4c(Cl)cc(C(N)=O)c5[nH]c6cc(C(C)(C)O)ccc6c45)c3C)C(=O)[N+](C)=C12. The standard InChI is InChI=1S/C33H29ClN4O5/c1-16-18(8-6-10-24(16)38-31(40)20-9-7-11-25(43-5)29(20)37(4)32(38)41)26-22(34)15-21(30(35)39)28-27(26)19-13-12-17(33(2,3)42)14-23(19)36-28/h6-15,20,42H,1-5H3,(H2-,35,36,39)/p+1. The first-order valence-electron chi connectivity index (χ1n) is 13.7. The fraction of sp³-hybridized carbons (Fsp3) is 0.212. The number of aliphatic hydroxyl groups is 1. The molecule has 4 N–H and O–H groups in total. The zero-order valence-corrected chi connectivity index (χ0v) is 25.0. The molecule has 1 aliphatic carbocycles. The molecule has 2 heterocycles. The van der Waals surface area contributed by atoms with Crippen LogP contribution in [0.4, 0.5) is 10.5 Å². The monoisotopic (exact) mass is 597 g/mol. The maximum absolute atomic E-state index is 13.8. The molecule has 1 aliphatic heterocycles. The van der Waals surface area contributed by atoms with Gasteiger partial charge in [-0.25, -0.2) is 4.79 Å². The number of H-pyrrole nitrogens is 1. The number of hydrogen-bond acceptors (Lipinski definition) is 5. The molecule has 43 heavy (non-hydrogen) atoms. The van der Waals surface area contributed by atoms with E-state index in [2.05, 4.69) is 4.98 Å². The highest BCUT2D eigenvalue weighted by Gasteiger charge is 2.49. The third-order valence-corrected chi connectivity index (χ3v) is 8.56. The number of aromatic amines is 1. The summed E-state index contributed by atoms with van der Waals surface area (Å²) in [5.41, 5.74) is 9.58. The van der Waals surface area contributed by atoms with E-state index in [0.717, 1.165) is 5.39 Å². The summed E-state index contributed by atoms with van der Waals surface area (Å²) in [5.74, 6) is -1.29. The number of ether oxygens (including phenoxy) is 1. The number of benzene rings is 3. The first-order chi connectivity index (χ1) is 20.3. The Morgan fingerprint density at radius 3 is 2.60 bits per heavy atom. The third-order valence-electron chi connectivity index (χ3n) is 8.26. The number of amides is 4. The van der Waals surface area contributed by atoms with E-state index in [9.17, 15) is 19.5 Å². The van der Waals surface area contributed by atoms with Crippen LogP contribution in [0.5, 0.6) is 0 Å². The second kappa shape index (κ2) is 9.93. The number of nitrogens with one attached hydrogen (secondary N) is 1. The van der Waals surface area contributed by atoms with Crippen LogP contribution >= 0.6 is 11.6 Å². The average molecular weight is 598 g/mol. The van der Waals surface area contributed by atoms with Gasteiger partial charge in [-0.3, -0.25) is 4.79 Å². The number of fused-ring (bicyclic) bond motifs is 4. The molecule has 9 nitrogen and oxygen atoms in total. The number of aromatic nitrogens is 1. The summed E-state index contributed by atoms with van der Waals surface area (Å²) in [7, 11) is 3.12. The molecular weight excluding hydrogens is 568 g/mol. The van der Waals surface area contributed by atoms with Crippen molar-refractivity contribution in [1.82, 2.24) is 4.98 Å². The number of rotatable bonds is 5. The molecule has 1 atom stereocenters. The molecular formula is C33H30ClN4O5+. The summed E-state index contributed by atoms with van der Waals surface area (Å²) in [6.07, 6.45) is 5.21. The number of methoxy groups -OCH3 is 1. The number of primary amides is 1. The van der Waals surface area contributed by atoms with Crippen molar-refractivity contribution in [2.75, 3.05) is 19.1 Å². The van der Waals surface area contributed by atoms with Crippen LogP contribution in [0.25, 0.3) is 32.9 Å². The van der Waals surface area contributed by atoms with Crippen LogP contribution in [0, 0.1) is 12.8 Å². The predicted molar refractivity (Wildman–Crippen MR) is 167 cm³/mol. The van der Waals surface area contributed by atoms with Gasteiger partial charge in [-0.05, 0) is 56.2 Å². The summed E-state index contributed by atoms with van der Waals surface area (Å²) in [4.78, 5) is 44.5. The molecule has 1 unspecified atom stereocenters. The number of nitrogens with zero attached hydrogens (tertiary/aromatic N) is 2. The maximum atomic E-state index is 13.8. The van der Waals surface area contributed by atoms with Crippen LogP contribution < -0.4 is 10.6 Å². The van der Waals surface area contributed by atoms with Crippen LogP contribution in [-0.2, 0) is 15.1 Å². The molecule has 0 radical (unpaired) electrons. The van der Waals surface area contributed by atoms with Crippen LogP contribution in [0.15, 0.2) is 66.5 Å². The molecule has 0 saturated carbocycles. The Balaban J connectivity index is 1.60. The van der Waals surface area contributed by atoms with Gasteiger partial charge in [0.1, 0.15) is 11.6 Å². The van der Waals surface area contributed by atoms with Crippen molar-refractivity contribution in [2.24, 2.45) is 11.7 Å². The van der Waals surface area contributed by atoms with E-state index in [0.29, 0.717) is 55.8 Å². The van der Waals surface area contributed by atoms with E-state index in [1.54, 1.807) is 51.3 Å². The average Bonchev–Trinajstić information content (AvgIpc) is 3.34. The quantitative estimate of drug-likeness (QED) is 0.260. The molecule has 0 bridgehead atoms. The molecule has 4 aromatic rings. The second-order valence-corrected chi connectivity index (χ2v) is 11.7. The molecule has 2 aliphatic rings. The minimum Gasteiger partial charge on any atom is -0.493 e. The van der Waals surface area contributed by atoms with Crippen molar-refractivity contribution < 1.29 is 28.8 Å². The van der Waals surface area contributed by atoms with Crippen molar-refractivity contribution in [1.29, 1.82) is 0 Å². The largest absolute Gasteiger partial charge is 0.506 e. The first kappa shape index (κ1) is 28.4. The Morgan fingerprint density at radius 2 is 1.93 bits per heavy atom. The first-order valence-corrected chi connectivity index (χ1v) is 14.0. The van der Waals surface area contributed by atoms with Crippen molar-refractivity contribution in [3.8, 4) is 11.1 Å². The van der Waals surface area contributed by atoms with Crippen LogP contribution in [0.1, 0.15) is 35.3 Å². The van der Waals surface area contributed by atoms with Gasteiger partial charge in [-0.2, -0.15) is 9.37 Å². The molecule has 10 heteroatoms. The van der Waals surface area contributed by atoms with Crippen molar-refractivity contribution in [3.05, 3.63) is 88.2 Å². The Labute approximate surface area is 252 Å². The minimum atomic E-state index is -1.09. The van der Waals surface area contributed by atoms with Gasteiger partial charge in [0.25, 0.3) is 5.91 Å². The van der Waals surface area contributed by atoms with E-state index in [1.807, 2.05) is 31.2 Å². The summed E-state index contributed by atoms with van der Waals surface area (Å²) in [6.45, 7) is 5.21. The summed E-state index contributed by atoms with van der Waals surface area (Å²) in [5, 5.41) is 12.3. The van der Waals surface area contributed by atoms with Gasteiger partial charge in [0, 0.05) is 32.4 Å². The number of anilines is 1. The number of halogens is 1. The van der Waals surface area contributed by atoms with E-state index < -0.39 is 29.4 Å². The van der Waals surface area contributed by atoms with Gasteiger partial charge in [-0.15, -0.1) is 4.90 Å². The third kappa shape index (κ3) is 4.26.